The van der Waals surface area contributed by atoms with E-state index in [1.54, 1.807) is 0 Å². The molecule has 320 valence electrons. The van der Waals surface area contributed by atoms with Gasteiger partial charge in [-0.1, -0.05) is 221 Å². The summed E-state index contributed by atoms with van der Waals surface area (Å²) >= 11 is 0. The Morgan fingerprint density at radius 3 is 1.06 bits per heavy atom. The molecule has 6 nitrogen and oxygen atoms in total. The first-order valence-corrected chi connectivity index (χ1v) is 23.8. The topological polar surface area (TPSA) is 78.9 Å². The molecule has 0 amide bonds. The molecule has 0 saturated heterocycles. The van der Waals surface area contributed by atoms with E-state index in [1.807, 2.05) is 0 Å². The van der Waals surface area contributed by atoms with E-state index in [9.17, 15) is 14.4 Å². The summed E-state index contributed by atoms with van der Waals surface area (Å²) in [5, 5.41) is 0. The molecule has 0 radical (unpaired) electrons. The van der Waals surface area contributed by atoms with E-state index in [4.69, 9.17) is 14.2 Å². The molecule has 0 aliphatic heterocycles. The van der Waals surface area contributed by atoms with Gasteiger partial charge in [0.15, 0.2) is 6.10 Å². The lowest BCUT2D eigenvalue weighted by Gasteiger charge is -2.18. The van der Waals surface area contributed by atoms with Crippen LogP contribution < -0.4 is 0 Å². The highest BCUT2D eigenvalue weighted by molar-refractivity contribution is 5.71. The third-order valence-corrected chi connectivity index (χ3v) is 11.1. The van der Waals surface area contributed by atoms with Crippen LogP contribution in [0.5, 0.6) is 0 Å². The van der Waals surface area contributed by atoms with Crippen LogP contribution in [0.25, 0.3) is 0 Å². The smallest absolute Gasteiger partial charge is 0.306 e. The normalized spacial score (nSPS) is 12.6. The van der Waals surface area contributed by atoms with Gasteiger partial charge in [0.05, 0.1) is 0 Å². The maximum absolute atomic E-state index is 12.7. The van der Waals surface area contributed by atoms with E-state index < -0.39 is 6.10 Å². The molecule has 0 aromatic rings. The third kappa shape index (κ3) is 40.1. The molecule has 0 bridgehead atoms. The van der Waals surface area contributed by atoms with Gasteiger partial charge in [-0.15, -0.1) is 0 Å². The van der Waals surface area contributed by atoms with Gasteiger partial charge in [0.2, 0.25) is 0 Å². The average molecular weight is 765 g/mol. The van der Waals surface area contributed by atoms with Crippen molar-refractivity contribution in [3.05, 3.63) is 0 Å². The molecule has 0 rings (SSSR count). The Morgan fingerprint density at radius 2 is 0.704 bits per heavy atom. The summed E-state index contributed by atoms with van der Waals surface area (Å²) in [6.45, 7) is 11.3. The van der Waals surface area contributed by atoms with Crippen LogP contribution in [-0.2, 0) is 28.6 Å². The molecule has 0 aromatic carbocycles. The Kier molecular flexibility index (Phi) is 39.8. The van der Waals surface area contributed by atoms with Gasteiger partial charge in [-0.25, -0.2) is 0 Å². The largest absolute Gasteiger partial charge is 0.462 e. The van der Waals surface area contributed by atoms with Crippen molar-refractivity contribution >= 4 is 17.9 Å². The van der Waals surface area contributed by atoms with E-state index in [-0.39, 0.29) is 31.1 Å². The second kappa shape index (κ2) is 41.1. The van der Waals surface area contributed by atoms with E-state index in [0.717, 1.165) is 69.6 Å². The first-order chi connectivity index (χ1) is 26.3. The lowest BCUT2D eigenvalue weighted by atomic mass is 9.99. The second-order valence-corrected chi connectivity index (χ2v) is 17.1. The van der Waals surface area contributed by atoms with Crippen LogP contribution >= 0.6 is 0 Å². The minimum atomic E-state index is -0.760. The molecule has 6 heteroatoms. The molecule has 0 N–H and O–H groups in total. The zero-order valence-corrected chi connectivity index (χ0v) is 36.8. The van der Waals surface area contributed by atoms with Gasteiger partial charge in [0, 0.05) is 19.3 Å². The van der Waals surface area contributed by atoms with Crippen molar-refractivity contribution < 1.29 is 28.6 Å². The third-order valence-electron chi connectivity index (χ3n) is 11.1. The fourth-order valence-electron chi connectivity index (χ4n) is 7.07. The van der Waals surface area contributed by atoms with Gasteiger partial charge in [-0.2, -0.15) is 0 Å². The van der Waals surface area contributed by atoms with Crippen molar-refractivity contribution in [1.82, 2.24) is 0 Å². The predicted octanol–water partition coefficient (Wildman–Crippen LogP) is 15.0. The number of esters is 3. The van der Waals surface area contributed by atoms with Crippen molar-refractivity contribution in [2.45, 2.75) is 265 Å². The van der Waals surface area contributed by atoms with Crippen LogP contribution in [0.4, 0.5) is 0 Å². The molecule has 54 heavy (non-hydrogen) atoms. The van der Waals surface area contributed by atoms with E-state index in [2.05, 4.69) is 34.6 Å². The molecular weight excluding hydrogens is 673 g/mol. The number of hydrogen-bond donors (Lipinski definition) is 0. The molecular formula is C48H92O6. The first-order valence-electron chi connectivity index (χ1n) is 23.8. The molecule has 0 aliphatic carbocycles. The van der Waals surface area contributed by atoms with Gasteiger partial charge < -0.3 is 14.2 Å². The quantitative estimate of drug-likeness (QED) is 0.0350. The summed E-state index contributed by atoms with van der Waals surface area (Å²) in [7, 11) is 0. The number of rotatable bonds is 42. The molecule has 0 aliphatic rings. The van der Waals surface area contributed by atoms with Crippen LogP contribution in [0, 0.1) is 11.8 Å². The number of carbonyl (C=O) groups excluding carboxylic acids is 3. The minimum Gasteiger partial charge on any atom is -0.462 e. The highest BCUT2D eigenvalue weighted by Crippen LogP contribution is 2.17. The summed E-state index contributed by atoms with van der Waals surface area (Å²) in [6, 6.07) is 0. The molecule has 0 heterocycles. The van der Waals surface area contributed by atoms with Crippen molar-refractivity contribution in [2.24, 2.45) is 11.8 Å². The average Bonchev–Trinajstić information content (AvgIpc) is 3.15. The van der Waals surface area contributed by atoms with Crippen LogP contribution in [0.3, 0.4) is 0 Å². The van der Waals surface area contributed by atoms with Gasteiger partial charge in [0.1, 0.15) is 13.2 Å². The van der Waals surface area contributed by atoms with Crippen LogP contribution in [0.2, 0.25) is 0 Å². The number of unbranched alkanes of at least 4 members (excludes halogenated alkanes) is 26. The van der Waals surface area contributed by atoms with Gasteiger partial charge in [-0.3, -0.25) is 14.4 Å². The minimum absolute atomic E-state index is 0.0649. The Hall–Kier alpha value is -1.59. The van der Waals surface area contributed by atoms with E-state index in [1.165, 1.54) is 148 Å². The van der Waals surface area contributed by atoms with Crippen molar-refractivity contribution in [1.29, 1.82) is 0 Å². The van der Waals surface area contributed by atoms with E-state index in [0.29, 0.717) is 19.3 Å². The highest BCUT2D eigenvalue weighted by Gasteiger charge is 2.19. The lowest BCUT2D eigenvalue weighted by Crippen LogP contribution is -2.30. The van der Waals surface area contributed by atoms with Crippen molar-refractivity contribution in [3.63, 3.8) is 0 Å². The van der Waals surface area contributed by atoms with Crippen LogP contribution in [0.15, 0.2) is 0 Å². The second-order valence-electron chi connectivity index (χ2n) is 17.1. The summed E-state index contributed by atoms with van der Waals surface area (Å²) in [6.07, 6.45) is 39.4. The number of hydrogen-bond acceptors (Lipinski definition) is 6. The molecule has 1 unspecified atom stereocenters. The van der Waals surface area contributed by atoms with Crippen LogP contribution in [-0.4, -0.2) is 37.2 Å². The van der Waals surface area contributed by atoms with Gasteiger partial charge >= 0.3 is 17.9 Å². The summed E-state index contributed by atoms with van der Waals surface area (Å²) < 4.78 is 16.7. The Labute approximate surface area is 336 Å². The molecule has 0 saturated carbocycles. The van der Waals surface area contributed by atoms with Crippen molar-refractivity contribution in [2.75, 3.05) is 13.2 Å². The highest BCUT2D eigenvalue weighted by atomic mass is 16.6. The summed E-state index contributed by atoms with van der Waals surface area (Å²) in [4.78, 5) is 37.7. The fourth-order valence-corrected chi connectivity index (χ4v) is 7.07. The van der Waals surface area contributed by atoms with Crippen molar-refractivity contribution in [3.8, 4) is 0 Å². The molecule has 2 atom stereocenters. The zero-order chi connectivity index (χ0) is 39.7. The van der Waals surface area contributed by atoms with Gasteiger partial charge in [-0.05, 0) is 31.1 Å². The summed E-state index contributed by atoms with van der Waals surface area (Å²) in [5.41, 5.74) is 0. The maximum atomic E-state index is 12.7. The Balaban J connectivity index is 4.31. The lowest BCUT2D eigenvalue weighted by molar-refractivity contribution is -0.167. The standard InChI is InChI=1S/C48H92O6/c1-6-8-9-10-11-16-23-28-33-38-46(49)52-41-45(42-53-47(50)39-34-29-24-20-19-22-27-32-37-44(5)7-2)54-48(51)40-35-30-25-18-15-13-12-14-17-21-26-31-36-43(3)4/h43-45H,6-42H2,1-5H3/t44?,45-/m1/s1. The fraction of sp³-hybridized carbons (Fsp3) is 0.938. The molecule has 0 fully saturated rings. The van der Waals surface area contributed by atoms with Crippen LogP contribution in [0.1, 0.15) is 259 Å². The first kappa shape index (κ1) is 52.4. The monoisotopic (exact) mass is 765 g/mol. The predicted molar refractivity (Wildman–Crippen MR) is 229 cm³/mol. The molecule has 0 aromatic heterocycles. The SMILES string of the molecule is CCCCCCCCCCCC(=O)OC[C@H](COC(=O)CCCCCCCCCCC(C)CC)OC(=O)CCCCCCCCCCCCCCC(C)C. The molecule has 0 spiro atoms. The Bertz CT molecular complexity index is 826. The zero-order valence-electron chi connectivity index (χ0n) is 36.8. The van der Waals surface area contributed by atoms with E-state index >= 15 is 0 Å². The van der Waals surface area contributed by atoms with Gasteiger partial charge in [0.25, 0.3) is 0 Å². The summed E-state index contributed by atoms with van der Waals surface area (Å²) in [5.74, 6) is 0.822. The maximum Gasteiger partial charge on any atom is 0.306 e. The number of ether oxygens (including phenoxy) is 3. The Morgan fingerprint density at radius 1 is 0.389 bits per heavy atom. The number of carbonyl (C=O) groups is 3.